The molecule has 0 unspecified atom stereocenters. The van der Waals surface area contributed by atoms with Crippen LogP contribution in [-0.4, -0.2) is 16.4 Å². The van der Waals surface area contributed by atoms with Gasteiger partial charge in [0.15, 0.2) is 0 Å². The normalized spacial score (nSPS) is 10.9. The minimum atomic E-state index is -0.846. The van der Waals surface area contributed by atoms with Gasteiger partial charge < -0.3 is 16.8 Å². The minimum Gasteiger partial charge on any atom is -0.389 e. The summed E-state index contributed by atoms with van der Waals surface area (Å²) in [6.45, 7) is 3.40. The van der Waals surface area contributed by atoms with Crippen LogP contribution in [0.3, 0.4) is 0 Å². The topological polar surface area (TPSA) is 81.1 Å². The second kappa shape index (κ2) is 4.49. The monoisotopic (exact) mass is 237 g/mol. The Labute approximate surface area is 100 Å². The predicted molar refractivity (Wildman–Crippen MR) is 69.2 cm³/mol. The van der Waals surface area contributed by atoms with Gasteiger partial charge in [-0.05, 0) is 26.0 Å². The molecule has 0 aliphatic heterocycles. The largest absolute Gasteiger partial charge is 0.389 e. The number of anilines is 1. The van der Waals surface area contributed by atoms with E-state index in [1.807, 2.05) is 12.1 Å². The Bertz CT molecular complexity index is 429. The number of amides is 1. The third-order valence-corrected chi connectivity index (χ3v) is 2.48. The van der Waals surface area contributed by atoms with E-state index in [4.69, 9.17) is 23.7 Å². The molecule has 1 aromatic rings. The molecule has 0 radical (unpaired) electrons. The lowest BCUT2D eigenvalue weighted by molar-refractivity contribution is -0.121. The molecule has 0 heterocycles. The van der Waals surface area contributed by atoms with Gasteiger partial charge in [0.05, 0.1) is 0 Å². The van der Waals surface area contributed by atoms with Crippen LogP contribution in [0.25, 0.3) is 0 Å². The van der Waals surface area contributed by atoms with Gasteiger partial charge in [0.2, 0.25) is 5.91 Å². The zero-order valence-corrected chi connectivity index (χ0v) is 10.1. The summed E-state index contributed by atoms with van der Waals surface area (Å²) in [5.74, 6) is -0.440. The summed E-state index contributed by atoms with van der Waals surface area (Å²) in [5, 5.41) is 3.03. The van der Waals surface area contributed by atoms with Gasteiger partial charge in [-0.1, -0.05) is 24.4 Å². The van der Waals surface area contributed by atoms with Crippen molar-refractivity contribution in [2.24, 2.45) is 11.5 Å². The van der Waals surface area contributed by atoms with Gasteiger partial charge in [-0.3, -0.25) is 4.79 Å². The van der Waals surface area contributed by atoms with E-state index < -0.39 is 11.4 Å². The van der Waals surface area contributed by atoms with Crippen LogP contribution in [0.5, 0.6) is 0 Å². The van der Waals surface area contributed by atoms with Crippen molar-refractivity contribution in [2.75, 3.05) is 5.32 Å². The zero-order valence-electron chi connectivity index (χ0n) is 9.28. The Hall–Kier alpha value is -1.62. The molecule has 0 fully saturated rings. The Morgan fingerprint density at radius 2 is 1.88 bits per heavy atom. The van der Waals surface area contributed by atoms with E-state index in [9.17, 15) is 4.79 Å². The zero-order chi connectivity index (χ0) is 12.3. The summed E-state index contributed by atoms with van der Waals surface area (Å²) in [5.41, 5.74) is 11.4. The number of thiocarbonyl (C=S) groups is 1. The highest BCUT2D eigenvalue weighted by Crippen LogP contribution is 2.19. The van der Waals surface area contributed by atoms with Crippen LogP contribution in [0.4, 0.5) is 5.69 Å². The quantitative estimate of drug-likeness (QED) is 0.682. The summed E-state index contributed by atoms with van der Waals surface area (Å²) in [6, 6.07) is 7.26. The average Bonchev–Trinajstić information content (AvgIpc) is 2.17. The van der Waals surface area contributed by atoms with Gasteiger partial charge in [0.1, 0.15) is 10.5 Å². The van der Waals surface area contributed by atoms with E-state index >= 15 is 0 Å². The molecule has 1 aromatic carbocycles. The van der Waals surface area contributed by atoms with Gasteiger partial charge in [-0.25, -0.2) is 0 Å². The molecule has 5 heteroatoms. The molecule has 0 aromatic heterocycles. The number of benzene rings is 1. The molecule has 4 nitrogen and oxygen atoms in total. The van der Waals surface area contributed by atoms with E-state index in [0.29, 0.717) is 11.3 Å². The minimum absolute atomic E-state index is 0.281. The summed E-state index contributed by atoms with van der Waals surface area (Å²) in [7, 11) is 0. The first-order valence-corrected chi connectivity index (χ1v) is 5.22. The maximum Gasteiger partial charge on any atom is 0.242 e. The van der Waals surface area contributed by atoms with E-state index in [1.165, 1.54) is 0 Å². The van der Waals surface area contributed by atoms with Crippen molar-refractivity contribution in [3.8, 4) is 0 Å². The Balaban J connectivity index is 3.06. The molecule has 0 bridgehead atoms. The van der Waals surface area contributed by atoms with E-state index in [0.717, 1.165) is 0 Å². The molecular weight excluding hydrogens is 222 g/mol. The van der Waals surface area contributed by atoms with Crippen molar-refractivity contribution < 1.29 is 4.79 Å². The number of nitrogens with one attached hydrogen (secondary N) is 1. The van der Waals surface area contributed by atoms with Crippen molar-refractivity contribution >= 4 is 28.8 Å². The number of para-hydroxylation sites is 1. The molecule has 0 spiro atoms. The smallest absolute Gasteiger partial charge is 0.242 e. The third kappa shape index (κ3) is 2.70. The van der Waals surface area contributed by atoms with Crippen molar-refractivity contribution in [3.05, 3.63) is 29.8 Å². The van der Waals surface area contributed by atoms with Crippen molar-refractivity contribution in [2.45, 2.75) is 19.4 Å². The van der Waals surface area contributed by atoms with E-state index in [-0.39, 0.29) is 4.99 Å². The SMILES string of the molecule is CC(C)(Nc1ccccc1C(N)=S)C(N)=O. The molecule has 16 heavy (non-hydrogen) atoms. The maximum absolute atomic E-state index is 11.2. The first kappa shape index (κ1) is 12.4. The number of primary amides is 1. The van der Waals surface area contributed by atoms with Crippen LogP contribution in [0.2, 0.25) is 0 Å². The second-order valence-electron chi connectivity index (χ2n) is 4.02. The fourth-order valence-corrected chi connectivity index (χ4v) is 1.38. The number of carbonyl (C=O) groups is 1. The summed E-state index contributed by atoms with van der Waals surface area (Å²) >= 11 is 4.93. The summed E-state index contributed by atoms with van der Waals surface area (Å²) in [6.07, 6.45) is 0. The highest BCUT2D eigenvalue weighted by atomic mass is 32.1. The maximum atomic E-state index is 11.2. The van der Waals surface area contributed by atoms with Gasteiger partial charge in [0, 0.05) is 11.3 Å². The van der Waals surface area contributed by atoms with E-state index in [2.05, 4.69) is 5.32 Å². The van der Waals surface area contributed by atoms with Crippen LogP contribution < -0.4 is 16.8 Å². The van der Waals surface area contributed by atoms with Crippen molar-refractivity contribution in [1.29, 1.82) is 0 Å². The first-order valence-electron chi connectivity index (χ1n) is 4.81. The van der Waals surface area contributed by atoms with E-state index in [1.54, 1.807) is 26.0 Å². The number of carbonyl (C=O) groups excluding carboxylic acids is 1. The Kier molecular flexibility index (Phi) is 3.49. The molecule has 5 N–H and O–H groups in total. The molecule has 0 atom stereocenters. The molecule has 0 aliphatic carbocycles. The number of rotatable bonds is 4. The van der Waals surface area contributed by atoms with Gasteiger partial charge in [-0.15, -0.1) is 0 Å². The number of hydrogen-bond acceptors (Lipinski definition) is 3. The lowest BCUT2D eigenvalue weighted by Crippen LogP contribution is -2.45. The van der Waals surface area contributed by atoms with Crippen LogP contribution in [0, 0.1) is 0 Å². The van der Waals surface area contributed by atoms with Crippen molar-refractivity contribution in [3.63, 3.8) is 0 Å². The number of hydrogen-bond donors (Lipinski definition) is 3. The predicted octanol–water partition coefficient (Wildman–Crippen LogP) is 0.997. The Morgan fingerprint density at radius 1 is 1.31 bits per heavy atom. The highest BCUT2D eigenvalue weighted by molar-refractivity contribution is 7.80. The highest BCUT2D eigenvalue weighted by Gasteiger charge is 2.25. The van der Waals surface area contributed by atoms with Crippen molar-refractivity contribution in [1.82, 2.24) is 0 Å². The van der Waals surface area contributed by atoms with Crippen LogP contribution >= 0.6 is 12.2 Å². The molecule has 0 saturated carbocycles. The standard InChI is InChI=1S/C11H15N3OS/c1-11(2,10(13)15)14-8-6-4-3-5-7(8)9(12)16/h3-6,14H,1-2H3,(H2,12,16)(H2,13,15). The molecule has 1 rings (SSSR count). The fraction of sp³-hybridized carbons (Fsp3) is 0.273. The van der Waals surface area contributed by atoms with Crippen LogP contribution in [-0.2, 0) is 4.79 Å². The lowest BCUT2D eigenvalue weighted by atomic mass is 10.0. The third-order valence-electron chi connectivity index (χ3n) is 2.26. The average molecular weight is 237 g/mol. The van der Waals surface area contributed by atoms with Gasteiger partial charge >= 0.3 is 0 Å². The second-order valence-corrected chi connectivity index (χ2v) is 4.46. The fourth-order valence-electron chi connectivity index (χ4n) is 1.21. The van der Waals surface area contributed by atoms with Gasteiger partial charge in [0.25, 0.3) is 0 Å². The summed E-state index contributed by atoms with van der Waals surface area (Å²) < 4.78 is 0. The number of nitrogens with two attached hydrogens (primary N) is 2. The Morgan fingerprint density at radius 3 is 2.38 bits per heavy atom. The molecule has 86 valence electrons. The summed E-state index contributed by atoms with van der Waals surface area (Å²) in [4.78, 5) is 11.5. The molecular formula is C11H15N3OS. The van der Waals surface area contributed by atoms with Gasteiger partial charge in [-0.2, -0.15) is 0 Å². The lowest BCUT2D eigenvalue weighted by Gasteiger charge is -2.25. The van der Waals surface area contributed by atoms with Crippen LogP contribution in [0.15, 0.2) is 24.3 Å². The molecule has 1 amide bonds. The molecule has 0 saturated heterocycles. The van der Waals surface area contributed by atoms with Crippen LogP contribution in [0.1, 0.15) is 19.4 Å². The first-order chi connectivity index (χ1) is 7.34. The molecule has 0 aliphatic rings.